The predicted molar refractivity (Wildman–Crippen MR) is 108 cm³/mol. The Hall–Kier alpha value is -0.0800. The highest BCUT2D eigenvalue weighted by molar-refractivity contribution is 14.0. The van der Waals surface area contributed by atoms with Crippen molar-refractivity contribution in [3.05, 3.63) is 0 Å². The molecule has 0 amide bonds. The Morgan fingerprint density at radius 1 is 1.26 bits per heavy atom. The van der Waals surface area contributed by atoms with Crippen molar-refractivity contribution in [2.75, 3.05) is 39.4 Å². The molecule has 0 bridgehead atoms. The molecular weight excluding hydrogens is 405 g/mol. The van der Waals surface area contributed by atoms with Crippen LogP contribution in [0.5, 0.6) is 0 Å². The maximum atomic E-state index is 10.0. The molecule has 5 nitrogen and oxygen atoms in total. The summed E-state index contributed by atoms with van der Waals surface area (Å²) in [6.07, 6.45) is 0.744. The first kappa shape index (κ1) is 22.9. The maximum absolute atomic E-state index is 10.0. The largest absolute Gasteiger partial charge is 0.389 e. The Morgan fingerprint density at radius 3 is 2.39 bits per heavy atom. The molecule has 0 aromatic carbocycles. The van der Waals surface area contributed by atoms with Crippen molar-refractivity contribution in [2.24, 2.45) is 22.7 Å². The van der Waals surface area contributed by atoms with Crippen molar-refractivity contribution in [3.63, 3.8) is 0 Å². The number of nitrogens with one attached hydrogen (secondary N) is 1. The molecule has 0 radical (unpaired) electrons. The lowest BCUT2D eigenvalue weighted by atomic mass is 9.92. The first-order valence-corrected chi connectivity index (χ1v) is 8.71. The highest BCUT2D eigenvalue weighted by atomic mass is 127. The van der Waals surface area contributed by atoms with Gasteiger partial charge in [-0.3, -0.25) is 4.99 Å². The second kappa shape index (κ2) is 12.3. The topological polar surface area (TPSA) is 57.1 Å². The van der Waals surface area contributed by atoms with E-state index >= 15 is 0 Å². The van der Waals surface area contributed by atoms with Gasteiger partial charge in [0, 0.05) is 26.2 Å². The number of nitrogens with zero attached hydrogens (tertiary/aromatic N) is 2. The van der Waals surface area contributed by atoms with Crippen molar-refractivity contribution in [1.29, 1.82) is 0 Å². The highest BCUT2D eigenvalue weighted by Gasteiger charge is 2.24. The van der Waals surface area contributed by atoms with Crippen LogP contribution in [0.1, 0.15) is 41.0 Å². The minimum atomic E-state index is -0.535. The average molecular weight is 441 g/mol. The van der Waals surface area contributed by atoms with Crippen LogP contribution in [-0.2, 0) is 4.74 Å². The standard InChI is InChI=1S/C17H35N3O2.HI/c1-6-18-17(20-9-14(4)7-15(5)10-20)19-8-16(21)12-22-11-13(2)3;/h13-16,21H,6-12H2,1-5H3,(H,18,19);1H. The number of rotatable bonds is 7. The predicted octanol–water partition coefficient (Wildman–Crippen LogP) is 2.58. The summed E-state index contributed by atoms with van der Waals surface area (Å²) in [5.41, 5.74) is 0. The molecule has 3 atom stereocenters. The molecule has 1 aliphatic rings. The van der Waals surface area contributed by atoms with Crippen LogP contribution in [0, 0.1) is 17.8 Å². The van der Waals surface area contributed by atoms with Crippen LogP contribution in [0.3, 0.4) is 0 Å². The molecule has 0 spiro atoms. The third-order valence-corrected chi connectivity index (χ3v) is 3.72. The van der Waals surface area contributed by atoms with Gasteiger partial charge >= 0.3 is 0 Å². The van der Waals surface area contributed by atoms with Crippen LogP contribution in [0.4, 0.5) is 0 Å². The number of ether oxygens (including phenoxy) is 1. The summed E-state index contributed by atoms with van der Waals surface area (Å²) in [5.74, 6) is 2.78. The van der Waals surface area contributed by atoms with E-state index in [2.05, 4.69) is 49.8 Å². The first-order valence-electron chi connectivity index (χ1n) is 8.71. The van der Waals surface area contributed by atoms with E-state index in [0.29, 0.717) is 37.5 Å². The number of aliphatic hydroxyl groups is 1. The van der Waals surface area contributed by atoms with E-state index in [1.54, 1.807) is 0 Å². The molecule has 1 rings (SSSR count). The second-order valence-corrected chi connectivity index (χ2v) is 7.13. The molecule has 0 aromatic heterocycles. The molecule has 138 valence electrons. The summed E-state index contributed by atoms with van der Waals surface area (Å²) in [6.45, 7) is 15.2. The van der Waals surface area contributed by atoms with Gasteiger partial charge in [0.15, 0.2) is 5.96 Å². The Balaban J connectivity index is 0.00000484. The third-order valence-electron chi connectivity index (χ3n) is 3.72. The van der Waals surface area contributed by atoms with Gasteiger partial charge in [-0.2, -0.15) is 0 Å². The molecule has 23 heavy (non-hydrogen) atoms. The zero-order valence-electron chi connectivity index (χ0n) is 15.4. The lowest BCUT2D eigenvalue weighted by Gasteiger charge is -2.37. The molecule has 2 N–H and O–H groups in total. The zero-order chi connectivity index (χ0) is 16.5. The van der Waals surface area contributed by atoms with Crippen molar-refractivity contribution in [2.45, 2.75) is 47.1 Å². The summed E-state index contributed by atoms with van der Waals surface area (Å²) in [7, 11) is 0. The van der Waals surface area contributed by atoms with E-state index in [-0.39, 0.29) is 24.0 Å². The van der Waals surface area contributed by atoms with E-state index < -0.39 is 6.10 Å². The van der Waals surface area contributed by atoms with Gasteiger partial charge in [0.1, 0.15) is 0 Å². The van der Waals surface area contributed by atoms with Crippen molar-refractivity contribution in [3.8, 4) is 0 Å². The highest BCUT2D eigenvalue weighted by Crippen LogP contribution is 2.20. The van der Waals surface area contributed by atoms with Crippen LogP contribution in [0.2, 0.25) is 0 Å². The summed E-state index contributed by atoms with van der Waals surface area (Å²) >= 11 is 0. The number of aliphatic imine (C=N–C) groups is 1. The Labute approximate surface area is 159 Å². The van der Waals surface area contributed by atoms with E-state index in [4.69, 9.17) is 4.74 Å². The number of likely N-dealkylation sites (tertiary alicyclic amines) is 1. The molecule has 0 aromatic rings. The van der Waals surface area contributed by atoms with Gasteiger partial charge in [0.05, 0.1) is 19.3 Å². The van der Waals surface area contributed by atoms with Crippen LogP contribution >= 0.6 is 24.0 Å². The Morgan fingerprint density at radius 2 is 1.87 bits per heavy atom. The maximum Gasteiger partial charge on any atom is 0.194 e. The van der Waals surface area contributed by atoms with Crippen LogP contribution in [0.15, 0.2) is 4.99 Å². The summed E-state index contributed by atoms with van der Waals surface area (Å²) in [6, 6.07) is 0. The fourth-order valence-corrected chi connectivity index (χ4v) is 2.95. The van der Waals surface area contributed by atoms with Crippen LogP contribution in [-0.4, -0.2) is 61.5 Å². The van der Waals surface area contributed by atoms with Gasteiger partial charge < -0.3 is 20.1 Å². The lowest BCUT2D eigenvalue weighted by Crippen LogP contribution is -2.48. The molecule has 1 heterocycles. The smallest absolute Gasteiger partial charge is 0.194 e. The number of aliphatic hydroxyl groups excluding tert-OH is 1. The van der Waals surface area contributed by atoms with Gasteiger partial charge in [-0.1, -0.05) is 27.7 Å². The number of halogens is 1. The number of piperidine rings is 1. The molecule has 3 unspecified atom stereocenters. The summed E-state index contributed by atoms with van der Waals surface area (Å²) < 4.78 is 5.48. The van der Waals surface area contributed by atoms with E-state index in [0.717, 1.165) is 25.6 Å². The quantitative estimate of drug-likeness (QED) is 0.362. The molecule has 0 aliphatic carbocycles. The van der Waals surface area contributed by atoms with Crippen molar-refractivity contribution >= 4 is 29.9 Å². The number of hydrogen-bond acceptors (Lipinski definition) is 3. The zero-order valence-corrected chi connectivity index (χ0v) is 17.7. The third kappa shape index (κ3) is 9.72. The van der Waals surface area contributed by atoms with Gasteiger partial charge in [-0.25, -0.2) is 0 Å². The molecule has 6 heteroatoms. The second-order valence-electron chi connectivity index (χ2n) is 7.13. The fraction of sp³-hybridized carbons (Fsp3) is 0.941. The summed E-state index contributed by atoms with van der Waals surface area (Å²) in [5, 5.41) is 13.4. The van der Waals surface area contributed by atoms with Gasteiger partial charge in [0.25, 0.3) is 0 Å². The lowest BCUT2D eigenvalue weighted by molar-refractivity contribution is 0.0300. The molecular formula is C17H36IN3O2. The average Bonchev–Trinajstić information content (AvgIpc) is 2.41. The fourth-order valence-electron chi connectivity index (χ4n) is 2.95. The summed E-state index contributed by atoms with van der Waals surface area (Å²) in [4.78, 5) is 6.93. The van der Waals surface area contributed by atoms with Crippen molar-refractivity contribution in [1.82, 2.24) is 10.2 Å². The monoisotopic (exact) mass is 441 g/mol. The normalized spacial score (nSPS) is 23.6. The van der Waals surface area contributed by atoms with Crippen LogP contribution < -0.4 is 5.32 Å². The van der Waals surface area contributed by atoms with Crippen LogP contribution in [0.25, 0.3) is 0 Å². The number of hydrogen-bond donors (Lipinski definition) is 2. The van der Waals surface area contributed by atoms with Crippen molar-refractivity contribution < 1.29 is 9.84 Å². The van der Waals surface area contributed by atoms with Gasteiger partial charge in [0.2, 0.25) is 0 Å². The molecule has 1 fully saturated rings. The van der Waals surface area contributed by atoms with E-state index in [1.165, 1.54) is 6.42 Å². The van der Waals surface area contributed by atoms with E-state index in [9.17, 15) is 5.11 Å². The minimum Gasteiger partial charge on any atom is -0.389 e. The first-order chi connectivity index (χ1) is 10.4. The van der Waals surface area contributed by atoms with Gasteiger partial charge in [-0.15, -0.1) is 24.0 Å². The van der Waals surface area contributed by atoms with E-state index in [1.807, 2.05) is 0 Å². The minimum absolute atomic E-state index is 0. The molecule has 1 aliphatic heterocycles. The Kier molecular flexibility index (Phi) is 12.3. The Bertz CT molecular complexity index is 330. The SMILES string of the molecule is CCNC(=NCC(O)COCC(C)C)N1CC(C)CC(C)C1.I. The molecule has 1 saturated heterocycles. The van der Waals surface area contributed by atoms with Gasteiger partial charge in [-0.05, 0) is 31.1 Å². The number of guanidine groups is 1. The molecule has 0 saturated carbocycles.